The molecule has 8 heteroatoms. The molecule has 3 atom stereocenters. The van der Waals surface area contributed by atoms with Crippen molar-refractivity contribution in [2.45, 2.75) is 77.0 Å². The van der Waals surface area contributed by atoms with Gasteiger partial charge in [-0.3, -0.25) is 14.5 Å². The van der Waals surface area contributed by atoms with Crippen LogP contribution in [0.3, 0.4) is 0 Å². The van der Waals surface area contributed by atoms with Crippen LogP contribution in [0.5, 0.6) is 0 Å². The summed E-state index contributed by atoms with van der Waals surface area (Å²) in [4.78, 5) is 29.2. The molecule has 1 aromatic carbocycles. The van der Waals surface area contributed by atoms with Gasteiger partial charge in [-0.1, -0.05) is 57.2 Å². The van der Waals surface area contributed by atoms with Gasteiger partial charge in [0.25, 0.3) is 0 Å². The maximum absolute atomic E-state index is 12.3. The van der Waals surface area contributed by atoms with Crippen LogP contribution < -0.4 is 0 Å². The number of likely N-dealkylation sites (tertiary alicyclic amines) is 2. The van der Waals surface area contributed by atoms with E-state index < -0.39 is 11.2 Å². The van der Waals surface area contributed by atoms with E-state index in [9.17, 15) is 9.59 Å². The van der Waals surface area contributed by atoms with E-state index >= 15 is 0 Å². The second kappa shape index (κ2) is 14.4. The highest BCUT2D eigenvalue weighted by Crippen LogP contribution is 2.38. The molecule has 0 aromatic heterocycles. The SMILES string of the molecule is CCC(=O)OC1(c2ccccc2)CCN(C/C=C\C2(OC(=O)CC)CC(C)N(C)CC2C)CC1.Cl.Cl. The molecule has 3 rings (SSSR count). The molecule has 0 spiro atoms. The molecule has 1 aromatic rings. The second-order valence-corrected chi connectivity index (χ2v) is 10.1. The maximum atomic E-state index is 12.3. The van der Waals surface area contributed by atoms with E-state index in [1.165, 1.54) is 0 Å². The van der Waals surface area contributed by atoms with Crippen LogP contribution >= 0.6 is 24.8 Å². The van der Waals surface area contributed by atoms with Crippen LogP contribution in [0.2, 0.25) is 0 Å². The number of hydrogen-bond acceptors (Lipinski definition) is 6. The van der Waals surface area contributed by atoms with Crippen LogP contribution in [0, 0.1) is 5.92 Å². The number of rotatable bonds is 8. The van der Waals surface area contributed by atoms with Crippen molar-refractivity contribution in [1.82, 2.24) is 9.80 Å². The van der Waals surface area contributed by atoms with E-state index in [1.807, 2.05) is 32.0 Å². The molecule has 2 aliphatic heterocycles. The molecule has 204 valence electrons. The van der Waals surface area contributed by atoms with Crippen molar-refractivity contribution in [1.29, 1.82) is 0 Å². The summed E-state index contributed by atoms with van der Waals surface area (Å²) >= 11 is 0. The summed E-state index contributed by atoms with van der Waals surface area (Å²) in [6.07, 6.45) is 7.42. The normalized spacial score (nSPS) is 26.5. The van der Waals surface area contributed by atoms with E-state index in [0.717, 1.165) is 51.0 Å². The van der Waals surface area contributed by atoms with Gasteiger partial charge in [0.15, 0.2) is 0 Å². The molecule has 0 radical (unpaired) electrons. The van der Waals surface area contributed by atoms with Crippen molar-refractivity contribution in [2.75, 3.05) is 33.2 Å². The van der Waals surface area contributed by atoms with Crippen molar-refractivity contribution in [3.63, 3.8) is 0 Å². The van der Waals surface area contributed by atoms with Crippen LogP contribution in [0.25, 0.3) is 0 Å². The molecule has 2 saturated heterocycles. The van der Waals surface area contributed by atoms with Gasteiger partial charge in [0.2, 0.25) is 0 Å². The predicted octanol–water partition coefficient (Wildman–Crippen LogP) is 5.38. The Morgan fingerprint density at radius 2 is 1.58 bits per heavy atom. The zero-order valence-corrected chi connectivity index (χ0v) is 24.0. The largest absolute Gasteiger partial charge is 0.454 e. The molecule has 36 heavy (non-hydrogen) atoms. The van der Waals surface area contributed by atoms with Crippen LogP contribution in [-0.4, -0.2) is 66.6 Å². The van der Waals surface area contributed by atoms with Gasteiger partial charge in [-0.15, -0.1) is 24.8 Å². The van der Waals surface area contributed by atoms with Crippen molar-refractivity contribution < 1.29 is 19.1 Å². The van der Waals surface area contributed by atoms with E-state index in [-0.39, 0.29) is 42.7 Å². The lowest BCUT2D eigenvalue weighted by Crippen LogP contribution is -2.54. The average molecular weight is 544 g/mol. The van der Waals surface area contributed by atoms with Gasteiger partial charge in [-0.05, 0) is 25.6 Å². The molecule has 2 heterocycles. The summed E-state index contributed by atoms with van der Waals surface area (Å²) in [6, 6.07) is 10.5. The Hall–Kier alpha value is -1.60. The summed E-state index contributed by atoms with van der Waals surface area (Å²) in [7, 11) is 2.13. The molecule has 3 unspecified atom stereocenters. The highest BCUT2D eigenvalue weighted by Gasteiger charge is 2.44. The van der Waals surface area contributed by atoms with Crippen LogP contribution in [0.15, 0.2) is 42.5 Å². The summed E-state index contributed by atoms with van der Waals surface area (Å²) in [5.41, 5.74) is -0.0320. The Kier molecular flexibility index (Phi) is 12.9. The Labute approximate surface area is 229 Å². The predicted molar refractivity (Wildman–Crippen MR) is 149 cm³/mol. The van der Waals surface area contributed by atoms with Crippen molar-refractivity contribution in [3.8, 4) is 0 Å². The Bertz CT molecular complexity index is 858. The summed E-state index contributed by atoms with van der Waals surface area (Å²) < 4.78 is 12.1. The topological polar surface area (TPSA) is 59.1 Å². The molecule has 2 fully saturated rings. The van der Waals surface area contributed by atoms with Gasteiger partial charge in [0.05, 0.1) is 0 Å². The average Bonchev–Trinajstić information content (AvgIpc) is 2.84. The number of carbonyl (C=O) groups is 2. The number of piperidine rings is 2. The highest BCUT2D eigenvalue weighted by molar-refractivity contribution is 5.85. The summed E-state index contributed by atoms with van der Waals surface area (Å²) in [5.74, 6) is -0.0696. The van der Waals surface area contributed by atoms with Crippen LogP contribution in [-0.2, 0) is 24.7 Å². The van der Waals surface area contributed by atoms with Gasteiger partial charge in [0.1, 0.15) is 11.2 Å². The summed E-state index contributed by atoms with van der Waals surface area (Å²) in [6.45, 7) is 11.4. The number of esters is 2. The lowest BCUT2D eigenvalue weighted by atomic mass is 9.78. The molecule has 0 saturated carbocycles. The molecule has 0 amide bonds. The fourth-order valence-electron chi connectivity index (χ4n) is 5.26. The number of ether oxygens (including phenoxy) is 2. The zero-order chi connectivity index (χ0) is 24.8. The standard InChI is InChI=1S/C28H42N2O4.2ClH/c1-6-25(31)33-27(24-12-9-8-10-13-24)15-18-30(19-16-27)17-11-14-28(34-26(32)7-2)20-23(4)29(5)21-22(28)3;;/h8-14,22-23H,6-7,15-21H2,1-5H3;2*1H/b14-11-;;. The molecular formula is C28H44Cl2N2O4. The first-order valence-electron chi connectivity index (χ1n) is 12.8. The number of benzene rings is 1. The monoisotopic (exact) mass is 542 g/mol. The molecule has 0 N–H and O–H groups in total. The number of carbonyl (C=O) groups excluding carboxylic acids is 2. The quantitative estimate of drug-likeness (QED) is 0.324. The fourth-order valence-corrected chi connectivity index (χ4v) is 5.26. The number of nitrogens with zero attached hydrogens (tertiary/aromatic N) is 2. The lowest BCUT2D eigenvalue weighted by Gasteiger charge is -2.46. The third-order valence-electron chi connectivity index (χ3n) is 7.68. The first kappa shape index (κ1) is 32.4. The van der Waals surface area contributed by atoms with E-state index in [1.54, 1.807) is 0 Å². The van der Waals surface area contributed by atoms with Crippen molar-refractivity contribution in [2.24, 2.45) is 5.92 Å². The minimum Gasteiger partial charge on any atom is -0.454 e. The van der Waals surface area contributed by atoms with Crippen molar-refractivity contribution >= 4 is 36.8 Å². The fraction of sp³-hybridized carbons (Fsp3) is 0.643. The minimum atomic E-state index is -0.556. The van der Waals surface area contributed by atoms with E-state index in [0.29, 0.717) is 18.9 Å². The Morgan fingerprint density at radius 3 is 2.17 bits per heavy atom. The first-order chi connectivity index (χ1) is 16.2. The Balaban J connectivity index is 0.00000324. The minimum absolute atomic E-state index is 0. The van der Waals surface area contributed by atoms with Gasteiger partial charge in [0, 0.05) is 70.2 Å². The molecule has 0 bridgehead atoms. The molecular weight excluding hydrogens is 499 g/mol. The van der Waals surface area contributed by atoms with Gasteiger partial charge < -0.3 is 14.4 Å². The van der Waals surface area contributed by atoms with Crippen LogP contribution in [0.4, 0.5) is 0 Å². The molecule has 0 aliphatic carbocycles. The lowest BCUT2D eigenvalue weighted by molar-refractivity contribution is -0.167. The van der Waals surface area contributed by atoms with Crippen molar-refractivity contribution in [3.05, 3.63) is 48.0 Å². The smallest absolute Gasteiger partial charge is 0.306 e. The summed E-state index contributed by atoms with van der Waals surface area (Å²) in [5, 5.41) is 0. The second-order valence-electron chi connectivity index (χ2n) is 10.1. The molecule has 2 aliphatic rings. The van der Waals surface area contributed by atoms with Gasteiger partial charge in [-0.2, -0.15) is 0 Å². The third-order valence-corrected chi connectivity index (χ3v) is 7.68. The van der Waals surface area contributed by atoms with Gasteiger partial charge >= 0.3 is 11.9 Å². The zero-order valence-electron chi connectivity index (χ0n) is 22.4. The first-order valence-corrected chi connectivity index (χ1v) is 12.8. The third kappa shape index (κ3) is 7.70. The number of hydrogen-bond donors (Lipinski definition) is 0. The van der Waals surface area contributed by atoms with Gasteiger partial charge in [-0.25, -0.2) is 0 Å². The van der Waals surface area contributed by atoms with E-state index in [2.05, 4.69) is 55.0 Å². The maximum Gasteiger partial charge on any atom is 0.306 e. The Morgan fingerprint density at radius 1 is 1.00 bits per heavy atom. The van der Waals surface area contributed by atoms with Crippen LogP contribution in [0.1, 0.15) is 65.4 Å². The van der Waals surface area contributed by atoms with E-state index in [4.69, 9.17) is 9.47 Å². The molecule has 6 nitrogen and oxygen atoms in total. The highest BCUT2D eigenvalue weighted by atomic mass is 35.5. The number of halogens is 2.